The van der Waals surface area contributed by atoms with E-state index in [4.69, 9.17) is 9.47 Å². The number of nitro benzene ring substituents is 1. The van der Waals surface area contributed by atoms with Crippen LogP contribution in [0.2, 0.25) is 0 Å². The fourth-order valence-corrected chi connectivity index (χ4v) is 1.62. The minimum Gasteiger partial charge on any atom is -0.454 e. The van der Waals surface area contributed by atoms with Crippen molar-refractivity contribution in [1.29, 1.82) is 0 Å². The van der Waals surface area contributed by atoms with E-state index in [0.717, 1.165) is 0 Å². The van der Waals surface area contributed by atoms with Gasteiger partial charge in [0, 0.05) is 6.07 Å². The second-order valence-corrected chi connectivity index (χ2v) is 3.81. The Morgan fingerprint density at radius 2 is 2.11 bits per heavy atom. The molecular formula is C11H13N3O5. The van der Waals surface area contributed by atoms with Crippen LogP contribution in [-0.4, -0.2) is 30.7 Å². The molecule has 1 heterocycles. The van der Waals surface area contributed by atoms with Crippen molar-refractivity contribution >= 4 is 17.3 Å². The fourth-order valence-electron chi connectivity index (χ4n) is 1.62. The molecule has 0 saturated heterocycles. The molecule has 1 aliphatic heterocycles. The van der Waals surface area contributed by atoms with Crippen molar-refractivity contribution in [3.8, 4) is 11.5 Å². The van der Waals surface area contributed by atoms with Gasteiger partial charge in [-0.15, -0.1) is 0 Å². The van der Waals surface area contributed by atoms with Crippen LogP contribution in [0, 0.1) is 10.1 Å². The van der Waals surface area contributed by atoms with Gasteiger partial charge in [-0.3, -0.25) is 14.9 Å². The van der Waals surface area contributed by atoms with Crippen molar-refractivity contribution in [1.82, 2.24) is 5.32 Å². The number of likely N-dealkylation sites (N-methyl/N-ethyl adjacent to an activating group) is 1. The first-order chi connectivity index (χ1) is 9.11. The smallest absolute Gasteiger partial charge is 0.296 e. The van der Waals surface area contributed by atoms with E-state index < -0.39 is 4.92 Å². The molecule has 0 fully saturated rings. The lowest BCUT2D eigenvalue weighted by Crippen LogP contribution is -2.28. The summed E-state index contributed by atoms with van der Waals surface area (Å²) in [6, 6.07) is 2.63. The van der Waals surface area contributed by atoms with Gasteiger partial charge >= 0.3 is 0 Å². The molecule has 0 unspecified atom stereocenters. The van der Waals surface area contributed by atoms with Gasteiger partial charge in [0.15, 0.2) is 11.5 Å². The maximum atomic E-state index is 11.6. The van der Waals surface area contributed by atoms with Crippen LogP contribution >= 0.6 is 0 Å². The molecule has 2 rings (SSSR count). The first kappa shape index (κ1) is 13.1. The summed E-state index contributed by atoms with van der Waals surface area (Å²) in [5, 5.41) is 16.3. The number of hydrogen-bond donors (Lipinski definition) is 2. The molecule has 0 bridgehead atoms. The number of anilines is 1. The van der Waals surface area contributed by atoms with Gasteiger partial charge < -0.3 is 20.1 Å². The number of rotatable bonds is 5. The molecular weight excluding hydrogens is 254 g/mol. The van der Waals surface area contributed by atoms with E-state index >= 15 is 0 Å². The van der Waals surface area contributed by atoms with Crippen LogP contribution in [0.4, 0.5) is 11.4 Å². The summed E-state index contributed by atoms with van der Waals surface area (Å²) in [5.74, 6) is 0.324. The molecule has 0 atom stereocenters. The Hall–Kier alpha value is -2.35. The van der Waals surface area contributed by atoms with Crippen LogP contribution in [0.25, 0.3) is 0 Å². The maximum Gasteiger partial charge on any atom is 0.296 e. The van der Waals surface area contributed by atoms with Crippen molar-refractivity contribution in [3.05, 3.63) is 22.2 Å². The largest absolute Gasteiger partial charge is 0.454 e. The number of fused-ring (bicyclic) bond motifs is 1. The molecule has 0 spiro atoms. The maximum absolute atomic E-state index is 11.6. The molecule has 19 heavy (non-hydrogen) atoms. The van der Waals surface area contributed by atoms with E-state index in [-0.39, 0.29) is 30.6 Å². The van der Waals surface area contributed by atoms with Crippen LogP contribution in [0.1, 0.15) is 6.92 Å². The van der Waals surface area contributed by atoms with Crippen molar-refractivity contribution in [2.45, 2.75) is 6.92 Å². The third-order valence-electron chi connectivity index (χ3n) is 2.50. The van der Waals surface area contributed by atoms with E-state index in [0.29, 0.717) is 18.0 Å². The average Bonchev–Trinajstić information content (AvgIpc) is 2.82. The van der Waals surface area contributed by atoms with Crippen molar-refractivity contribution < 1.29 is 19.2 Å². The molecule has 0 saturated carbocycles. The zero-order valence-corrected chi connectivity index (χ0v) is 10.3. The van der Waals surface area contributed by atoms with Crippen molar-refractivity contribution in [2.24, 2.45) is 0 Å². The number of nitro groups is 1. The second-order valence-electron chi connectivity index (χ2n) is 3.81. The Balaban J connectivity index is 2.23. The third-order valence-corrected chi connectivity index (χ3v) is 2.50. The van der Waals surface area contributed by atoms with E-state index in [1.165, 1.54) is 12.1 Å². The van der Waals surface area contributed by atoms with E-state index in [2.05, 4.69) is 10.6 Å². The number of benzene rings is 1. The highest BCUT2D eigenvalue weighted by Gasteiger charge is 2.24. The number of hydrogen-bond acceptors (Lipinski definition) is 6. The topological polar surface area (TPSA) is 103 Å². The number of nitrogens with zero attached hydrogens (tertiary/aromatic N) is 1. The number of carbonyl (C=O) groups is 1. The minimum atomic E-state index is -0.579. The van der Waals surface area contributed by atoms with Gasteiger partial charge in [0.05, 0.1) is 17.5 Å². The summed E-state index contributed by atoms with van der Waals surface area (Å²) in [4.78, 5) is 22.0. The standard InChI is InChI=1S/C11H13N3O5/c1-2-12-5-11(15)13-7-3-9-10(19-6-18-9)4-8(7)14(16)17/h3-4,12H,2,5-6H2,1H3,(H,13,15). The van der Waals surface area contributed by atoms with E-state index in [1.807, 2.05) is 6.92 Å². The summed E-state index contributed by atoms with van der Waals surface area (Å²) >= 11 is 0. The molecule has 0 aliphatic carbocycles. The zero-order chi connectivity index (χ0) is 13.8. The summed E-state index contributed by atoms with van der Waals surface area (Å²) in [6.07, 6.45) is 0. The van der Waals surface area contributed by atoms with Crippen LogP contribution in [-0.2, 0) is 4.79 Å². The van der Waals surface area contributed by atoms with Crippen LogP contribution in [0.3, 0.4) is 0 Å². The van der Waals surface area contributed by atoms with Gasteiger partial charge in [0.1, 0.15) is 5.69 Å². The van der Waals surface area contributed by atoms with Gasteiger partial charge in [-0.05, 0) is 6.54 Å². The lowest BCUT2D eigenvalue weighted by atomic mass is 10.2. The molecule has 1 amide bonds. The highest BCUT2D eigenvalue weighted by molar-refractivity contribution is 5.95. The highest BCUT2D eigenvalue weighted by atomic mass is 16.7. The SMILES string of the molecule is CCNCC(=O)Nc1cc2c(cc1[N+](=O)[O-])OCO2. The van der Waals surface area contributed by atoms with Crippen LogP contribution in [0.15, 0.2) is 12.1 Å². The predicted molar refractivity (Wildman–Crippen MR) is 66.4 cm³/mol. The number of amides is 1. The monoisotopic (exact) mass is 267 g/mol. The molecule has 0 radical (unpaired) electrons. The van der Waals surface area contributed by atoms with Gasteiger partial charge in [-0.2, -0.15) is 0 Å². The molecule has 0 aromatic heterocycles. The molecule has 1 aliphatic rings. The molecule has 1 aromatic rings. The predicted octanol–water partition coefficient (Wildman–Crippen LogP) is 0.871. The lowest BCUT2D eigenvalue weighted by Gasteiger charge is -2.07. The lowest BCUT2D eigenvalue weighted by molar-refractivity contribution is -0.384. The quantitative estimate of drug-likeness (QED) is 0.606. The van der Waals surface area contributed by atoms with Gasteiger partial charge in [-0.1, -0.05) is 6.92 Å². The molecule has 2 N–H and O–H groups in total. The summed E-state index contributed by atoms with van der Waals surface area (Å²) in [7, 11) is 0. The Morgan fingerprint density at radius 1 is 1.42 bits per heavy atom. The van der Waals surface area contributed by atoms with E-state index in [1.54, 1.807) is 0 Å². The number of ether oxygens (including phenoxy) is 2. The Bertz CT molecular complexity index is 517. The summed E-state index contributed by atoms with van der Waals surface area (Å²) in [6.45, 7) is 2.59. The minimum absolute atomic E-state index is 0.0152. The number of carbonyl (C=O) groups excluding carboxylic acids is 1. The van der Waals surface area contributed by atoms with Gasteiger partial charge in [-0.25, -0.2) is 0 Å². The average molecular weight is 267 g/mol. The van der Waals surface area contributed by atoms with Crippen molar-refractivity contribution in [2.75, 3.05) is 25.2 Å². The van der Waals surface area contributed by atoms with Crippen molar-refractivity contribution in [3.63, 3.8) is 0 Å². The highest BCUT2D eigenvalue weighted by Crippen LogP contribution is 2.40. The second kappa shape index (κ2) is 5.53. The third kappa shape index (κ3) is 2.91. The first-order valence-electron chi connectivity index (χ1n) is 5.70. The molecule has 102 valence electrons. The van der Waals surface area contributed by atoms with E-state index in [9.17, 15) is 14.9 Å². The summed E-state index contributed by atoms with van der Waals surface area (Å²) < 4.78 is 10.2. The number of nitrogens with one attached hydrogen (secondary N) is 2. The fraction of sp³-hybridized carbons (Fsp3) is 0.364. The Morgan fingerprint density at radius 3 is 2.74 bits per heavy atom. The van der Waals surface area contributed by atoms with Crippen LogP contribution < -0.4 is 20.1 Å². The normalized spacial score (nSPS) is 12.3. The summed E-state index contributed by atoms with van der Waals surface area (Å²) in [5.41, 5.74) is -0.133. The van der Waals surface area contributed by atoms with Gasteiger partial charge in [0.25, 0.3) is 5.69 Å². The first-order valence-corrected chi connectivity index (χ1v) is 5.70. The van der Waals surface area contributed by atoms with Gasteiger partial charge in [0.2, 0.25) is 12.7 Å². The Kier molecular flexibility index (Phi) is 3.81. The molecule has 8 nitrogen and oxygen atoms in total. The van der Waals surface area contributed by atoms with Crippen LogP contribution in [0.5, 0.6) is 11.5 Å². The molecule has 8 heteroatoms. The Labute approximate surface area is 108 Å². The molecule has 1 aromatic carbocycles. The zero-order valence-electron chi connectivity index (χ0n) is 10.3.